The Morgan fingerprint density at radius 3 is 0.980 bits per heavy atom. The highest BCUT2D eigenvalue weighted by Crippen LogP contribution is 2.26. The van der Waals surface area contributed by atoms with Crippen LogP contribution in [0.3, 0.4) is 0 Å². The highest BCUT2D eigenvalue weighted by atomic mass is 32.2. The van der Waals surface area contributed by atoms with E-state index >= 15 is 0 Å². The summed E-state index contributed by atoms with van der Waals surface area (Å²) in [5.74, 6) is 0. The van der Waals surface area contributed by atoms with Gasteiger partial charge in [0.15, 0.2) is 0 Å². The fourth-order valence-electron chi connectivity index (χ4n) is 4.13. The molecule has 0 heterocycles. The molecule has 0 amide bonds. The third kappa shape index (κ3) is 13.9. The predicted molar refractivity (Wildman–Crippen MR) is 180 cm³/mol. The lowest BCUT2D eigenvalue weighted by atomic mass is 9.99. The van der Waals surface area contributed by atoms with E-state index < -0.39 is 31.2 Å². The number of sulfonamides is 2. The Bertz CT molecular complexity index is 1330. The molecule has 0 unspecified atom stereocenters. The molecular weight excluding hydrogens is 684 g/mol. The van der Waals surface area contributed by atoms with Crippen molar-refractivity contribution in [3.8, 4) is 0 Å². The molecule has 49 heavy (non-hydrogen) atoms. The van der Waals surface area contributed by atoms with Gasteiger partial charge < -0.3 is 23.7 Å². The molecule has 2 aromatic carbocycles. The summed E-state index contributed by atoms with van der Waals surface area (Å²) in [5, 5.41) is 18.0. The van der Waals surface area contributed by atoms with Crippen LogP contribution in [0, 0.1) is 0 Å². The van der Waals surface area contributed by atoms with Crippen molar-refractivity contribution in [2.75, 3.05) is 93.3 Å². The number of likely N-dealkylation sites (N-methyl/N-ethyl adjacent to an activating group) is 2. The Labute approximate surface area is 290 Å². The van der Waals surface area contributed by atoms with Gasteiger partial charge in [0.1, 0.15) is 11.2 Å². The molecule has 0 aromatic heterocycles. The normalized spacial score (nSPS) is 13.1. The van der Waals surface area contributed by atoms with Gasteiger partial charge in [-0.25, -0.2) is 26.6 Å². The van der Waals surface area contributed by atoms with Gasteiger partial charge in [0, 0.05) is 27.2 Å². The zero-order valence-electron chi connectivity index (χ0n) is 29.2. The summed E-state index contributed by atoms with van der Waals surface area (Å²) < 4.78 is 80.9. The summed E-state index contributed by atoms with van der Waals surface area (Å²) in [6, 6.07) is 12.3. The Morgan fingerprint density at radius 1 is 0.490 bits per heavy atom. The minimum atomic E-state index is -3.70. The molecule has 17 heteroatoms. The topological polar surface area (TPSA) is 180 Å². The number of rotatable bonds is 26. The van der Waals surface area contributed by atoms with Gasteiger partial charge in [-0.1, -0.05) is 24.3 Å². The lowest BCUT2D eigenvalue weighted by molar-refractivity contribution is -0.318. The third-order valence-electron chi connectivity index (χ3n) is 7.56. The Morgan fingerprint density at radius 2 is 0.735 bits per heavy atom. The molecule has 0 saturated carbocycles. The molecule has 280 valence electrons. The third-order valence-corrected chi connectivity index (χ3v) is 11.3. The van der Waals surface area contributed by atoms with E-state index in [1.165, 1.54) is 47.0 Å². The molecule has 0 aliphatic rings. The van der Waals surface area contributed by atoms with Crippen LogP contribution in [0.2, 0.25) is 0 Å². The van der Waals surface area contributed by atoms with Crippen molar-refractivity contribution in [2.45, 2.75) is 48.7 Å². The van der Waals surface area contributed by atoms with Gasteiger partial charge in [0.25, 0.3) is 0 Å². The SMILES string of the molecule is CN(CCOCCOCCOCCOCCOCCN(C)S(=O)(=O)c1ccc(C(C)(C)OO)cc1)S(=O)(=O)c1ccc(C(C)(C)OO)cc1. The Kier molecular flexibility index (Phi) is 18.2. The first kappa shape index (κ1) is 43.1. The first-order valence-electron chi connectivity index (χ1n) is 15.8. The lowest BCUT2D eigenvalue weighted by Crippen LogP contribution is -2.30. The Hall–Kier alpha value is -2.10. The molecule has 2 N–H and O–H groups in total. The van der Waals surface area contributed by atoms with Gasteiger partial charge in [-0.05, 0) is 63.1 Å². The van der Waals surface area contributed by atoms with Crippen molar-refractivity contribution in [3.05, 3.63) is 59.7 Å². The molecule has 0 fully saturated rings. The van der Waals surface area contributed by atoms with Crippen molar-refractivity contribution >= 4 is 20.0 Å². The quantitative estimate of drug-likeness (QED) is 0.0818. The number of benzene rings is 2. The number of ether oxygens (including phenoxy) is 5. The van der Waals surface area contributed by atoms with Crippen LogP contribution in [0.5, 0.6) is 0 Å². The van der Waals surface area contributed by atoms with Crippen molar-refractivity contribution in [1.82, 2.24) is 8.61 Å². The summed E-state index contributed by atoms with van der Waals surface area (Å²) in [6.07, 6.45) is 0. The minimum absolute atomic E-state index is 0.129. The molecule has 0 spiro atoms. The summed E-state index contributed by atoms with van der Waals surface area (Å²) in [4.78, 5) is 9.15. The number of hydrogen-bond donors (Lipinski definition) is 2. The molecule has 0 bridgehead atoms. The van der Waals surface area contributed by atoms with E-state index in [0.29, 0.717) is 64.0 Å². The monoisotopic (exact) mass is 736 g/mol. The fraction of sp³-hybridized carbons (Fsp3) is 0.625. The van der Waals surface area contributed by atoms with Crippen LogP contribution in [-0.2, 0) is 64.7 Å². The number of nitrogens with zero attached hydrogens (tertiary/aromatic N) is 2. The molecule has 2 rings (SSSR count). The van der Waals surface area contributed by atoms with Crippen LogP contribution in [0.1, 0.15) is 38.8 Å². The number of hydrogen-bond acceptors (Lipinski definition) is 13. The highest BCUT2D eigenvalue weighted by Gasteiger charge is 2.26. The zero-order valence-corrected chi connectivity index (χ0v) is 30.8. The van der Waals surface area contributed by atoms with E-state index in [0.717, 1.165) is 0 Å². The van der Waals surface area contributed by atoms with E-state index in [4.69, 9.17) is 34.2 Å². The van der Waals surface area contributed by atoms with Crippen molar-refractivity contribution in [1.29, 1.82) is 0 Å². The zero-order chi connectivity index (χ0) is 36.6. The maximum absolute atomic E-state index is 12.8. The summed E-state index contributed by atoms with van der Waals surface area (Å²) >= 11 is 0. The molecule has 0 aliphatic carbocycles. The summed E-state index contributed by atoms with van der Waals surface area (Å²) in [7, 11) is -4.43. The van der Waals surface area contributed by atoms with Crippen LogP contribution >= 0.6 is 0 Å². The van der Waals surface area contributed by atoms with Gasteiger partial charge in [0.2, 0.25) is 20.0 Å². The molecular formula is C32H52N2O13S2. The van der Waals surface area contributed by atoms with Crippen molar-refractivity contribution in [2.24, 2.45) is 0 Å². The van der Waals surface area contributed by atoms with Crippen LogP contribution < -0.4 is 0 Å². The maximum atomic E-state index is 12.8. The lowest BCUT2D eigenvalue weighted by Gasteiger charge is -2.22. The van der Waals surface area contributed by atoms with Gasteiger partial charge >= 0.3 is 0 Å². The molecule has 0 radical (unpaired) electrons. The van der Waals surface area contributed by atoms with E-state index in [2.05, 4.69) is 9.78 Å². The van der Waals surface area contributed by atoms with E-state index in [-0.39, 0.29) is 36.1 Å². The molecule has 15 nitrogen and oxygen atoms in total. The second kappa shape index (κ2) is 20.7. The van der Waals surface area contributed by atoms with Gasteiger partial charge in [-0.2, -0.15) is 8.61 Å². The van der Waals surface area contributed by atoms with Crippen molar-refractivity contribution < 1.29 is 60.8 Å². The van der Waals surface area contributed by atoms with E-state index in [9.17, 15) is 16.8 Å². The molecule has 2 aromatic rings. The molecule has 0 aliphatic heterocycles. The summed E-state index contributed by atoms with van der Waals surface area (Å²) in [5.41, 5.74) is -0.632. The standard InChI is InChI=1S/C32H52N2O13S2/c1-31(2,46-35)27-7-11-29(12-8-27)48(37,38)33(5)15-17-41-19-21-43-23-25-45-26-24-44-22-20-42-18-16-34(6)49(39,40)30-13-9-28(10-14-30)32(3,4)47-36/h7-14,35-36H,15-26H2,1-6H3. The smallest absolute Gasteiger partial charge is 0.242 e. The van der Waals surface area contributed by atoms with E-state index in [1.807, 2.05) is 0 Å². The van der Waals surface area contributed by atoms with Gasteiger partial charge in [0.05, 0.1) is 75.9 Å². The maximum Gasteiger partial charge on any atom is 0.242 e. The average molecular weight is 737 g/mol. The molecule has 0 atom stereocenters. The first-order chi connectivity index (χ1) is 23.1. The Balaban J connectivity index is 1.45. The first-order valence-corrected chi connectivity index (χ1v) is 18.6. The largest absolute Gasteiger partial charge is 0.378 e. The van der Waals surface area contributed by atoms with Gasteiger partial charge in [-0.15, -0.1) is 0 Å². The van der Waals surface area contributed by atoms with Crippen LogP contribution in [-0.4, -0.2) is 129 Å². The second-order valence-electron chi connectivity index (χ2n) is 12.0. The minimum Gasteiger partial charge on any atom is -0.378 e. The van der Waals surface area contributed by atoms with Crippen molar-refractivity contribution in [3.63, 3.8) is 0 Å². The molecule has 0 saturated heterocycles. The second-order valence-corrected chi connectivity index (χ2v) is 16.1. The van der Waals surface area contributed by atoms with Crippen LogP contribution in [0.4, 0.5) is 0 Å². The highest BCUT2D eigenvalue weighted by molar-refractivity contribution is 7.89. The van der Waals surface area contributed by atoms with Gasteiger partial charge in [-0.3, -0.25) is 10.5 Å². The summed E-state index contributed by atoms with van der Waals surface area (Å²) in [6.45, 7) is 10.1. The predicted octanol–water partition coefficient (Wildman–Crippen LogP) is 3.16. The fourth-order valence-corrected chi connectivity index (χ4v) is 6.44. The van der Waals surface area contributed by atoms with Crippen LogP contribution in [0.15, 0.2) is 58.3 Å². The average Bonchev–Trinajstić information content (AvgIpc) is 3.09. The van der Waals surface area contributed by atoms with E-state index in [1.54, 1.807) is 52.0 Å². The van der Waals surface area contributed by atoms with Crippen LogP contribution in [0.25, 0.3) is 0 Å².